The van der Waals surface area contributed by atoms with Crippen LogP contribution in [0, 0.1) is 0 Å². The summed E-state index contributed by atoms with van der Waals surface area (Å²) in [6.45, 7) is 1.16. The summed E-state index contributed by atoms with van der Waals surface area (Å²) in [6, 6.07) is 16.7. The number of halogens is 1. The lowest BCUT2D eigenvalue weighted by Gasteiger charge is -2.10. The van der Waals surface area contributed by atoms with Crippen LogP contribution in [0.4, 0.5) is 4.79 Å². The molecule has 1 aromatic heterocycles. The number of fused-ring (bicyclic) bond motifs is 1. The molecule has 0 aliphatic heterocycles. The van der Waals surface area contributed by atoms with Gasteiger partial charge in [0.05, 0.1) is 12.1 Å². The summed E-state index contributed by atoms with van der Waals surface area (Å²) in [6.07, 6.45) is 1.76. The summed E-state index contributed by atoms with van der Waals surface area (Å²) in [7, 11) is 0. The smallest absolute Gasteiger partial charge is 0.315 e. The first-order valence-corrected chi connectivity index (χ1v) is 8.33. The predicted molar refractivity (Wildman–Crippen MR) is 98.9 cm³/mol. The molecule has 0 aliphatic rings. The maximum absolute atomic E-state index is 11.8. The molecule has 128 valence electrons. The molecule has 3 rings (SSSR count). The number of aromatic nitrogens is 1. The van der Waals surface area contributed by atoms with E-state index in [2.05, 4.69) is 15.6 Å². The number of hydrogen-bond donors (Lipinski definition) is 2. The first-order valence-electron chi connectivity index (χ1n) is 7.95. The molecule has 25 heavy (non-hydrogen) atoms. The molecule has 0 unspecified atom stereocenters. The van der Waals surface area contributed by atoms with Crippen molar-refractivity contribution in [1.82, 2.24) is 15.6 Å². The largest absolute Gasteiger partial charge is 0.492 e. The van der Waals surface area contributed by atoms with Gasteiger partial charge in [0.2, 0.25) is 0 Å². The summed E-state index contributed by atoms with van der Waals surface area (Å²) in [5, 5.41) is 7.17. The van der Waals surface area contributed by atoms with Gasteiger partial charge < -0.3 is 15.4 Å². The zero-order valence-corrected chi connectivity index (χ0v) is 14.3. The number of nitrogens with zero attached hydrogens (tertiary/aromatic N) is 1. The highest BCUT2D eigenvalue weighted by Crippen LogP contribution is 2.18. The van der Waals surface area contributed by atoms with Crippen LogP contribution in [0.5, 0.6) is 5.75 Å². The molecule has 0 atom stereocenters. The SMILES string of the molecule is O=C(NCCOc1ccc2ncccc2c1)NCc1ccccc1Cl. The minimum atomic E-state index is -0.258. The second kappa shape index (κ2) is 8.35. The number of amides is 2. The minimum absolute atomic E-state index is 0.258. The number of carbonyl (C=O) groups excluding carboxylic acids is 1. The molecule has 0 spiro atoms. The Labute approximate surface area is 151 Å². The van der Waals surface area contributed by atoms with Crippen LogP contribution in [0.25, 0.3) is 10.9 Å². The zero-order valence-electron chi connectivity index (χ0n) is 13.5. The third kappa shape index (κ3) is 4.84. The third-order valence-electron chi connectivity index (χ3n) is 3.63. The van der Waals surface area contributed by atoms with Crippen LogP contribution in [0.2, 0.25) is 5.02 Å². The molecular weight excluding hydrogens is 338 g/mol. The summed E-state index contributed by atoms with van der Waals surface area (Å²) in [5.41, 5.74) is 1.80. The third-order valence-corrected chi connectivity index (χ3v) is 4.00. The number of ether oxygens (including phenoxy) is 1. The van der Waals surface area contributed by atoms with Crippen molar-refractivity contribution in [3.8, 4) is 5.75 Å². The van der Waals surface area contributed by atoms with E-state index in [1.807, 2.05) is 48.5 Å². The zero-order chi connectivity index (χ0) is 17.5. The normalized spacial score (nSPS) is 10.4. The van der Waals surface area contributed by atoms with Gasteiger partial charge in [-0.15, -0.1) is 0 Å². The van der Waals surface area contributed by atoms with Crippen molar-refractivity contribution < 1.29 is 9.53 Å². The average Bonchev–Trinajstić information content (AvgIpc) is 2.64. The molecule has 2 amide bonds. The highest BCUT2D eigenvalue weighted by atomic mass is 35.5. The van der Waals surface area contributed by atoms with E-state index in [0.29, 0.717) is 24.7 Å². The van der Waals surface area contributed by atoms with E-state index < -0.39 is 0 Å². The maximum atomic E-state index is 11.8. The number of rotatable bonds is 6. The standard InChI is InChI=1S/C19H18ClN3O2/c20-17-6-2-1-4-15(17)13-23-19(24)22-10-11-25-16-7-8-18-14(12-16)5-3-9-21-18/h1-9,12H,10-11,13H2,(H2,22,23,24). The van der Waals surface area contributed by atoms with Crippen LogP contribution in [0.3, 0.4) is 0 Å². The number of pyridine rings is 1. The van der Waals surface area contributed by atoms with Gasteiger partial charge in [0.15, 0.2) is 0 Å². The fourth-order valence-corrected chi connectivity index (χ4v) is 2.56. The molecule has 5 nitrogen and oxygen atoms in total. The Balaban J connectivity index is 1.40. The first kappa shape index (κ1) is 17.0. The molecule has 0 saturated carbocycles. The van der Waals surface area contributed by atoms with E-state index in [1.165, 1.54) is 0 Å². The Morgan fingerprint density at radius 2 is 1.96 bits per heavy atom. The van der Waals surface area contributed by atoms with Crippen LogP contribution in [-0.2, 0) is 6.54 Å². The quantitative estimate of drug-likeness (QED) is 0.662. The molecule has 0 aliphatic carbocycles. The van der Waals surface area contributed by atoms with Crippen molar-refractivity contribution in [3.05, 3.63) is 71.4 Å². The van der Waals surface area contributed by atoms with Gasteiger partial charge in [0.1, 0.15) is 12.4 Å². The van der Waals surface area contributed by atoms with Gasteiger partial charge in [-0.3, -0.25) is 4.98 Å². The van der Waals surface area contributed by atoms with E-state index in [4.69, 9.17) is 16.3 Å². The van der Waals surface area contributed by atoms with Crippen LogP contribution < -0.4 is 15.4 Å². The lowest BCUT2D eigenvalue weighted by Crippen LogP contribution is -2.37. The Morgan fingerprint density at radius 3 is 2.84 bits per heavy atom. The van der Waals surface area contributed by atoms with E-state index in [0.717, 1.165) is 22.2 Å². The summed E-state index contributed by atoms with van der Waals surface area (Å²) in [5.74, 6) is 0.749. The van der Waals surface area contributed by atoms with Crippen LogP contribution in [0.15, 0.2) is 60.8 Å². The van der Waals surface area contributed by atoms with Crippen molar-refractivity contribution in [1.29, 1.82) is 0 Å². The lowest BCUT2D eigenvalue weighted by atomic mass is 10.2. The van der Waals surface area contributed by atoms with Crippen molar-refractivity contribution in [2.75, 3.05) is 13.2 Å². The summed E-state index contributed by atoms with van der Waals surface area (Å²) in [4.78, 5) is 16.0. The van der Waals surface area contributed by atoms with Crippen molar-refractivity contribution in [2.24, 2.45) is 0 Å². The number of hydrogen-bond acceptors (Lipinski definition) is 3. The average molecular weight is 356 g/mol. The molecule has 0 saturated heterocycles. The monoisotopic (exact) mass is 355 g/mol. The van der Waals surface area contributed by atoms with Gasteiger partial charge in [-0.2, -0.15) is 0 Å². The second-order valence-electron chi connectivity index (χ2n) is 5.41. The van der Waals surface area contributed by atoms with Gasteiger partial charge in [0, 0.05) is 23.2 Å². The number of benzene rings is 2. The molecule has 3 aromatic rings. The van der Waals surface area contributed by atoms with Crippen LogP contribution in [0.1, 0.15) is 5.56 Å². The van der Waals surface area contributed by atoms with E-state index >= 15 is 0 Å². The number of urea groups is 1. The molecule has 0 bridgehead atoms. The molecule has 2 N–H and O–H groups in total. The van der Waals surface area contributed by atoms with Crippen molar-refractivity contribution in [2.45, 2.75) is 6.54 Å². The Kier molecular flexibility index (Phi) is 5.69. The number of nitrogens with one attached hydrogen (secondary N) is 2. The van der Waals surface area contributed by atoms with E-state index in [-0.39, 0.29) is 6.03 Å². The van der Waals surface area contributed by atoms with Gasteiger partial charge in [-0.25, -0.2) is 4.79 Å². The first-order chi connectivity index (χ1) is 12.2. The maximum Gasteiger partial charge on any atom is 0.315 e. The Morgan fingerprint density at radius 1 is 1.08 bits per heavy atom. The highest BCUT2D eigenvalue weighted by Gasteiger charge is 2.03. The molecule has 0 radical (unpaired) electrons. The number of carbonyl (C=O) groups is 1. The molecule has 2 aromatic carbocycles. The van der Waals surface area contributed by atoms with Crippen molar-refractivity contribution in [3.63, 3.8) is 0 Å². The fraction of sp³-hybridized carbons (Fsp3) is 0.158. The van der Waals surface area contributed by atoms with E-state index in [1.54, 1.807) is 12.3 Å². The molecular formula is C19H18ClN3O2. The molecule has 1 heterocycles. The van der Waals surface area contributed by atoms with Crippen LogP contribution >= 0.6 is 11.6 Å². The summed E-state index contributed by atoms with van der Waals surface area (Å²) < 4.78 is 5.66. The molecule has 0 fully saturated rings. The van der Waals surface area contributed by atoms with Gasteiger partial charge in [-0.1, -0.05) is 35.9 Å². The topological polar surface area (TPSA) is 63.2 Å². The van der Waals surface area contributed by atoms with Gasteiger partial charge in [-0.05, 0) is 35.9 Å². The lowest BCUT2D eigenvalue weighted by molar-refractivity contribution is 0.236. The minimum Gasteiger partial charge on any atom is -0.492 e. The Bertz CT molecular complexity index is 870. The highest BCUT2D eigenvalue weighted by molar-refractivity contribution is 6.31. The van der Waals surface area contributed by atoms with Gasteiger partial charge in [0.25, 0.3) is 0 Å². The second-order valence-corrected chi connectivity index (χ2v) is 5.81. The van der Waals surface area contributed by atoms with E-state index in [9.17, 15) is 4.79 Å². The predicted octanol–water partition coefficient (Wildman–Crippen LogP) is 3.77. The van der Waals surface area contributed by atoms with Gasteiger partial charge >= 0.3 is 6.03 Å². The van der Waals surface area contributed by atoms with Crippen molar-refractivity contribution >= 4 is 28.5 Å². The molecule has 6 heteroatoms. The Hall–Kier alpha value is -2.79. The summed E-state index contributed by atoms with van der Waals surface area (Å²) >= 11 is 6.05. The van der Waals surface area contributed by atoms with Crippen LogP contribution in [-0.4, -0.2) is 24.2 Å². The fourth-order valence-electron chi connectivity index (χ4n) is 2.36.